The molecule has 1 unspecified atom stereocenters. The van der Waals surface area contributed by atoms with Crippen LogP contribution >= 0.6 is 0 Å². The van der Waals surface area contributed by atoms with Crippen molar-refractivity contribution in [1.29, 1.82) is 0 Å². The van der Waals surface area contributed by atoms with Crippen molar-refractivity contribution in [2.75, 3.05) is 6.54 Å². The van der Waals surface area contributed by atoms with Crippen LogP contribution in [0.3, 0.4) is 0 Å². The number of amides is 1. The highest BCUT2D eigenvalue weighted by Gasteiger charge is 2.32. The molecule has 122 valence electrons. The molecule has 1 fully saturated rings. The average Bonchev–Trinajstić information content (AvgIpc) is 3.14. The second kappa shape index (κ2) is 5.83. The monoisotopic (exact) mass is 314 g/mol. The Morgan fingerprint density at radius 1 is 1.48 bits per heavy atom. The van der Waals surface area contributed by atoms with Crippen LogP contribution in [0.25, 0.3) is 0 Å². The highest BCUT2D eigenvalue weighted by atomic mass is 16.4. The molecule has 0 spiro atoms. The summed E-state index contributed by atoms with van der Waals surface area (Å²) in [5.74, 6) is 2.48. The molecule has 4 rings (SSSR count). The number of carbonyl (C=O) groups is 1. The zero-order valence-electron chi connectivity index (χ0n) is 13.4. The minimum Gasteiger partial charge on any atom is -0.445 e. The molecule has 2 aliphatic rings. The highest BCUT2D eigenvalue weighted by molar-refractivity contribution is 5.80. The molecule has 1 atom stereocenters. The van der Waals surface area contributed by atoms with E-state index in [4.69, 9.17) is 4.42 Å². The van der Waals surface area contributed by atoms with Gasteiger partial charge in [-0.05, 0) is 25.3 Å². The fourth-order valence-corrected chi connectivity index (χ4v) is 3.39. The van der Waals surface area contributed by atoms with Gasteiger partial charge < -0.3 is 9.32 Å². The Morgan fingerprint density at radius 3 is 3.00 bits per heavy atom. The van der Waals surface area contributed by atoms with Gasteiger partial charge in [-0.25, -0.2) is 4.98 Å². The van der Waals surface area contributed by atoms with E-state index in [9.17, 15) is 4.79 Å². The first-order valence-corrected chi connectivity index (χ1v) is 8.52. The molecule has 1 amide bonds. The smallest absolute Gasteiger partial charge is 0.247 e. The summed E-state index contributed by atoms with van der Waals surface area (Å²) in [6.45, 7) is 3.27. The van der Waals surface area contributed by atoms with Crippen LogP contribution in [0.5, 0.6) is 0 Å². The Labute approximate surface area is 135 Å². The van der Waals surface area contributed by atoms with Gasteiger partial charge in [0, 0.05) is 31.3 Å². The number of aromatic nitrogens is 3. The fourth-order valence-electron chi connectivity index (χ4n) is 3.39. The third kappa shape index (κ3) is 2.56. The fraction of sp³-hybridized carbons (Fsp3) is 0.588. The van der Waals surface area contributed by atoms with E-state index in [-0.39, 0.29) is 11.9 Å². The summed E-state index contributed by atoms with van der Waals surface area (Å²) < 4.78 is 7.68. The summed E-state index contributed by atoms with van der Waals surface area (Å²) in [6.07, 6.45) is 8.69. The minimum atomic E-state index is -0.232. The van der Waals surface area contributed by atoms with Gasteiger partial charge in [0.05, 0.1) is 6.54 Å². The molecule has 3 heterocycles. The predicted molar refractivity (Wildman–Crippen MR) is 83.8 cm³/mol. The Kier molecular flexibility index (Phi) is 3.67. The predicted octanol–water partition coefficient (Wildman–Crippen LogP) is 2.67. The van der Waals surface area contributed by atoms with E-state index < -0.39 is 0 Å². The van der Waals surface area contributed by atoms with Gasteiger partial charge in [-0.15, -0.1) is 0 Å². The SMILES string of the molecule is CCC(C(=O)N1CCc2oc(C3CCC3)nc2C1)n1cccn1. The van der Waals surface area contributed by atoms with Crippen molar-refractivity contribution in [3.63, 3.8) is 0 Å². The van der Waals surface area contributed by atoms with Crippen LogP contribution in [0.2, 0.25) is 0 Å². The largest absolute Gasteiger partial charge is 0.445 e. The number of carbonyl (C=O) groups excluding carboxylic acids is 1. The van der Waals surface area contributed by atoms with E-state index in [1.165, 1.54) is 19.3 Å². The van der Waals surface area contributed by atoms with Crippen molar-refractivity contribution in [3.05, 3.63) is 35.8 Å². The molecular weight excluding hydrogens is 292 g/mol. The van der Waals surface area contributed by atoms with Gasteiger partial charge >= 0.3 is 0 Å². The molecule has 0 radical (unpaired) electrons. The molecule has 0 saturated heterocycles. The van der Waals surface area contributed by atoms with E-state index in [1.807, 2.05) is 24.1 Å². The van der Waals surface area contributed by atoms with Crippen LogP contribution in [-0.4, -0.2) is 32.1 Å². The molecule has 2 aromatic heterocycles. The van der Waals surface area contributed by atoms with E-state index in [0.29, 0.717) is 19.0 Å². The molecule has 1 aliphatic carbocycles. The first-order chi connectivity index (χ1) is 11.3. The van der Waals surface area contributed by atoms with Gasteiger partial charge in [-0.3, -0.25) is 9.48 Å². The number of hydrogen-bond donors (Lipinski definition) is 0. The quantitative estimate of drug-likeness (QED) is 0.870. The molecule has 0 aromatic carbocycles. The standard InChI is InChI=1S/C17H22N4O2/c1-2-14(21-9-4-8-18-21)17(22)20-10-7-15-13(11-20)19-16(23-15)12-5-3-6-12/h4,8-9,12,14H,2-3,5-7,10-11H2,1H3. The van der Waals surface area contributed by atoms with Crippen molar-refractivity contribution in [1.82, 2.24) is 19.7 Å². The van der Waals surface area contributed by atoms with E-state index in [1.54, 1.807) is 10.9 Å². The lowest BCUT2D eigenvalue weighted by Gasteiger charge is -2.29. The van der Waals surface area contributed by atoms with Crippen LogP contribution in [-0.2, 0) is 17.8 Å². The van der Waals surface area contributed by atoms with E-state index >= 15 is 0 Å². The average molecular weight is 314 g/mol. The van der Waals surface area contributed by atoms with Crippen LogP contribution in [0.4, 0.5) is 0 Å². The summed E-state index contributed by atoms with van der Waals surface area (Å²) >= 11 is 0. The molecule has 0 N–H and O–H groups in total. The number of oxazole rings is 1. The zero-order chi connectivity index (χ0) is 15.8. The lowest BCUT2D eigenvalue weighted by molar-refractivity contribution is -0.136. The van der Waals surface area contributed by atoms with Gasteiger partial charge in [0.15, 0.2) is 5.89 Å². The van der Waals surface area contributed by atoms with Gasteiger partial charge in [0.25, 0.3) is 0 Å². The number of fused-ring (bicyclic) bond motifs is 1. The third-order valence-corrected chi connectivity index (χ3v) is 5.03. The third-order valence-electron chi connectivity index (χ3n) is 5.03. The normalized spacial score (nSPS) is 19.3. The lowest BCUT2D eigenvalue weighted by atomic mass is 9.85. The van der Waals surface area contributed by atoms with Crippen LogP contribution < -0.4 is 0 Å². The molecule has 23 heavy (non-hydrogen) atoms. The highest BCUT2D eigenvalue weighted by Crippen LogP contribution is 2.37. The lowest BCUT2D eigenvalue weighted by Crippen LogP contribution is -2.40. The summed E-state index contributed by atoms with van der Waals surface area (Å²) in [5.41, 5.74) is 0.946. The minimum absolute atomic E-state index is 0.120. The number of rotatable bonds is 4. The molecule has 6 heteroatoms. The van der Waals surface area contributed by atoms with Gasteiger partial charge in [0.2, 0.25) is 5.91 Å². The van der Waals surface area contributed by atoms with Crippen molar-refractivity contribution in [3.8, 4) is 0 Å². The second-order valence-electron chi connectivity index (χ2n) is 6.47. The summed E-state index contributed by atoms with van der Waals surface area (Å²) in [7, 11) is 0. The molecular formula is C17H22N4O2. The number of hydrogen-bond acceptors (Lipinski definition) is 4. The Hall–Kier alpha value is -2.11. The Balaban J connectivity index is 1.50. The first-order valence-electron chi connectivity index (χ1n) is 8.52. The molecule has 6 nitrogen and oxygen atoms in total. The molecule has 1 aliphatic heterocycles. The maximum absolute atomic E-state index is 12.9. The number of nitrogens with zero attached hydrogens (tertiary/aromatic N) is 4. The van der Waals surface area contributed by atoms with Crippen molar-refractivity contribution in [2.45, 2.75) is 57.5 Å². The maximum Gasteiger partial charge on any atom is 0.247 e. The topological polar surface area (TPSA) is 64.2 Å². The zero-order valence-corrected chi connectivity index (χ0v) is 13.4. The second-order valence-corrected chi connectivity index (χ2v) is 6.47. The van der Waals surface area contributed by atoms with Crippen LogP contribution in [0.1, 0.15) is 61.9 Å². The first kappa shape index (κ1) is 14.5. The Morgan fingerprint density at radius 2 is 2.35 bits per heavy atom. The van der Waals surface area contributed by atoms with Gasteiger partial charge in [-0.1, -0.05) is 13.3 Å². The van der Waals surface area contributed by atoms with Crippen molar-refractivity contribution < 1.29 is 9.21 Å². The van der Waals surface area contributed by atoms with E-state index in [0.717, 1.165) is 30.2 Å². The van der Waals surface area contributed by atoms with Crippen LogP contribution in [0, 0.1) is 0 Å². The summed E-state index contributed by atoms with van der Waals surface area (Å²) in [5, 5.41) is 4.23. The maximum atomic E-state index is 12.9. The van der Waals surface area contributed by atoms with E-state index in [2.05, 4.69) is 10.1 Å². The van der Waals surface area contributed by atoms with Gasteiger partial charge in [-0.2, -0.15) is 5.10 Å². The van der Waals surface area contributed by atoms with Crippen molar-refractivity contribution in [2.24, 2.45) is 0 Å². The van der Waals surface area contributed by atoms with Crippen LogP contribution in [0.15, 0.2) is 22.9 Å². The molecule has 2 aromatic rings. The molecule has 1 saturated carbocycles. The summed E-state index contributed by atoms with van der Waals surface area (Å²) in [4.78, 5) is 19.4. The summed E-state index contributed by atoms with van der Waals surface area (Å²) in [6, 6.07) is 1.62. The molecule has 0 bridgehead atoms. The van der Waals surface area contributed by atoms with Crippen molar-refractivity contribution >= 4 is 5.91 Å². The Bertz CT molecular complexity index is 688. The van der Waals surface area contributed by atoms with Gasteiger partial charge in [0.1, 0.15) is 17.5 Å².